The van der Waals surface area contributed by atoms with Gasteiger partial charge in [0.25, 0.3) is 5.56 Å². The summed E-state index contributed by atoms with van der Waals surface area (Å²) in [5.41, 5.74) is 0.406. The van der Waals surface area contributed by atoms with E-state index in [9.17, 15) is 9.90 Å². The zero-order valence-corrected chi connectivity index (χ0v) is 8.50. The first-order valence-corrected chi connectivity index (χ1v) is 4.93. The summed E-state index contributed by atoms with van der Waals surface area (Å²) in [5.74, 6) is 0. The van der Waals surface area contributed by atoms with Gasteiger partial charge in [0.15, 0.2) is 0 Å². The number of hydrogen-bond donors (Lipinski definition) is 1. The van der Waals surface area contributed by atoms with Crippen molar-refractivity contribution in [3.8, 4) is 0 Å². The van der Waals surface area contributed by atoms with Crippen molar-refractivity contribution in [3.63, 3.8) is 0 Å². The molecule has 5 nitrogen and oxygen atoms in total. The molecular formula is C10H13N3O2. The van der Waals surface area contributed by atoms with E-state index in [0.717, 1.165) is 0 Å². The lowest BCUT2D eigenvalue weighted by molar-refractivity contribution is 0.148. The topological polar surface area (TPSA) is 59.5 Å². The van der Waals surface area contributed by atoms with Gasteiger partial charge in [-0.15, -0.1) is 0 Å². The lowest BCUT2D eigenvalue weighted by Crippen LogP contribution is -2.26. The van der Waals surface area contributed by atoms with Crippen LogP contribution in [0.1, 0.15) is 13.3 Å². The van der Waals surface area contributed by atoms with Crippen molar-refractivity contribution in [2.75, 3.05) is 0 Å². The highest BCUT2D eigenvalue weighted by atomic mass is 16.3. The van der Waals surface area contributed by atoms with Gasteiger partial charge in [0, 0.05) is 12.4 Å². The van der Waals surface area contributed by atoms with Crippen LogP contribution >= 0.6 is 0 Å². The Kier molecular flexibility index (Phi) is 2.55. The highest BCUT2D eigenvalue weighted by Crippen LogP contribution is 1.97. The maximum absolute atomic E-state index is 11.8. The van der Waals surface area contributed by atoms with Crippen LogP contribution in [0.5, 0.6) is 0 Å². The summed E-state index contributed by atoms with van der Waals surface area (Å²) in [6.45, 7) is 2.21. The number of rotatable bonds is 3. The van der Waals surface area contributed by atoms with E-state index in [2.05, 4.69) is 5.10 Å². The molecule has 0 saturated heterocycles. The third kappa shape index (κ3) is 1.78. The summed E-state index contributed by atoms with van der Waals surface area (Å²) < 4.78 is 3.03. The Morgan fingerprint density at radius 3 is 3.07 bits per heavy atom. The average molecular weight is 207 g/mol. The van der Waals surface area contributed by atoms with Gasteiger partial charge in [-0.05, 0) is 12.5 Å². The summed E-state index contributed by atoms with van der Waals surface area (Å²) in [7, 11) is 0. The molecule has 0 aliphatic heterocycles. The molecule has 2 aromatic heterocycles. The van der Waals surface area contributed by atoms with Gasteiger partial charge in [-0.25, -0.2) is 4.52 Å². The van der Waals surface area contributed by atoms with Crippen LogP contribution in [0.4, 0.5) is 0 Å². The fourth-order valence-electron chi connectivity index (χ4n) is 1.46. The van der Waals surface area contributed by atoms with E-state index in [0.29, 0.717) is 18.5 Å². The second-order valence-electron chi connectivity index (χ2n) is 3.48. The van der Waals surface area contributed by atoms with Crippen LogP contribution in [0.25, 0.3) is 5.52 Å². The number of aromatic nitrogens is 3. The molecule has 0 spiro atoms. The van der Waals surface area contributed by atoms with Gasteiger partial charge < -0.3 is 9.67 Å². The number of nitrogens with zero attached hydrogens (tertiary/aromatic N) is 3. The predicted octanol–water partition coefficient (Wildman–Crippen LogP) is 0.267. The smallest absolute Gasteiger partial charge is 0.276 e. The van der Waals surface area contributed by atoms with E-state index in [1.54, 1.807) is 24.7 Å². The molecule has 2 rings (SSSR count). The zero-order chi connectivity index (χ0) is 10.8. The van der Waals surface area contributed by atoms with Crippen LogP contribution in [0, 0.1) is 0 Å². The standard InChI is InChI=1S/C10H13N3O2/c1-2-8(14)7-12-5-6-13-9(10(12)15)3-4-11-13/h3-6,8,14H,2,7H2,1H3. The van der Waals surface area contributed by atoms with Gasteiger partial charge in [0.05, 0.1) is 18.8 Å². The molecule has 2 heterocycles. The molecule has 5 heteroatoms. The van der Waals surface area contributed by atoms with Crippen LogP contribution in [-0.2, 0) is 6.54 Å². The van der Waals surface area contributed by atoms with Crippen LogP contribution in [-0.4, -0.2) is 25.4 Å². The van der Waals surface area contributed by atoms with Crippen molar-refractivity contribution in [1.82, 2.24) is 14.2 Å². The summed E-state index contributed by atoms with van der Waals surface area (Å²) in [6.07, 6.45) is 5.09. The lowest BCUT2D eigenvalue weighted by Gasteiger charge is -2.10. The lowest BCUT2D eigenvalue weighted by atomic mass is 10.3. The minimum absolute atomic E-state index is 0.123. The predicted molar refractivity (Wildman–Crippen MR) is 55.7 cm³/mol. The van der Waals surface area contributed by atoms with Gasteiger partial charge in [-0.2, -0.15) is 5.10 Å². The highest BCUT2D eigenvalue weighted by Gasteiger charge is 2.06. The molecular weight excluding hydrogens is 194 g/mol. The van der Waals surface area contributed by atoms with Crippen molar-refractivity contribution in [1.29, 1.82) is 0 Å². The van der Waals surface area contributed by atoms with E-state index in [1.807, 2.05) is 6.92 Å². The van der Waals surface area contributed by atoms with Gasteiger partial charge in [0.2, 0.25) is 0 Å². The van der Waals surface area contributed by atoms with Crippen molar-refractivity contribution >= 4 is 5.52 Å². The van der Waals surface area contributed by atoms with Crippen LogP contribution in [0.15, 0.2) is 29.5 Å². The molecule has 1 atom stereocenters. The molecule has 0 aliphatic rings. The summed E-state index contributed by atoms with van der Waals surface area (Å²) in [4.78, 5) is 11.8. The number of aliphatic hydroxyl groups excluding tert-OH is 1. The van der Waals surface area contributed by atoms with Crippen LogP contribution < -0.4 is 5.56 Å². The number of hydrogen-bond acceptors (Lipinski definition) is 3. The Balaban J connectivity index is 2.44. The number of fused-ring (bicyclic) bond motifs is 1. The maximum Gasteiger partial charge on any atom is 0.276 e. The molecule has 0 aliphatic carbocycles. The Labute approximate surface area is 86.6 Å². The SMILES string of the molecule is CCC(O)Cn1ccn2nccc2c1=O. The van der Waals surface area contributed by atoms with Crippen LogP contribution in [0.3, 0.4) is 0 Å². The summed E-state index contributed by atoms with van der Waals surface area (Å²) in [6, 6.07) is 1.66. The Hall–Kier alpha value is -1.62. The largest absolute Gasteiger partial charge is 0.391 e. The summed E-state index contributed by atoms with van der Waals surface area (Å²) >= 11 is 0. The molecule has 0 saturated carbocycles. The zero-order valence-electron chi connectivity index (χ0n) is 8.50. The number of aliphatic hydroxyl groups is 1. The second kappa shape index (κ2) is 3.86. The molecule has 0 amide bonds. The fourth-order valence-corrected chi connectivity index (χ4v) is 1.46. The Bertz CT molecular complexity index is 515. The normalized spacial score (nSPS) is 13.2. The second-order valence-corrected chi connectivity index (χ2v) is 3.48. The van der Waals surface area contributed by atoms with E-state index in [4.69, 9.17) is 0 Å². The molecule has 0 radical (unpaired) electrons. The maximum atomic E-state index is 11.8. The van der Waals surface area contributed by atoms with Crippen LogP contribution in [0.2, 0.25) is 0 Å². The Morgan fingerprint density at radius 1 is 1.53 bits per heavy atom. The van der Waals surface area contributed by atoms with Crippen molar-refractivity contribution in [2.24, 2.45) is 0 Å². The van der Waals surface area contributed by atoms with Gasteiger partial charge in [-0.1, -0.05) is 6.92 Å². The molecule has 0 bridgehead atoms. The highest BCUT2D eigenvalue weighted by molar-refractivity contribution is 5.42. The Morgan fingerprint density at radius 2 is 2.33 bits per heavy atom. The first-order valence-electron chi connectivity index (χ1n) is 4.93. The molecule has 0 fully saturated rings. The van der Waals surface area contributed by atoms with Crippen molar-refractivity contribution in [3.05, 3.63) is 35.0 Å². The van der Waals surface area contributed by atoms with Gasteiger partial charge in [0.1, 0.15) is 5.52 Å². The van der Waals surface area contributed by atoms with Gasteiger partial charge >= 0.3 is 0 Å². The molecule has 1 N–H and O–H groups in total. The van der Waals surface area contributed by atoms with E-state index in [1.165, 1.54) is 9.08 Å². The molecule has 0 aromatic carbocycles. The van der Waals surface area contributed by atoms with Gasteiger partial charge in [-0.3, -0.25) is 4.79 Å². The molecule has 15 heavy (non-hydrogen) atoms. The molecule has 2 aromatic rings. The van der Waals surface area contributed by atoms with E-state index >= 15 is 0 Å². The first-order chi connectivity index (χ1) is 7.22. The molecule has 80 valence electrons. The summed E-state index contributed by atoms with van der Waals surface area (Å²) in [5, 5.41) is 13.4. The average Bonchev–Trinajstić information content (AvgIpc) is 2.70. The monoisotopic (exact) mass is 207 g/mol. The van der Waals surface area contributed by atoms with E-state index < -0.39 is 6.10 Å². The quantitative estimate of drug-likeness (QED) is 0.785. The minimum atomic E-state index is -0.479. The third-order valence-corrected chi connectivity index (χ3v) is 2.42. The minimum Gasteiger partial charge on any atom is -0.391 e. The first kappa shape index (κ1) is 9.92. The third-order valence-electron chi connectivity index (χ3n) is 2.42. The van der Waals surface area contributed by atoms with Crippen molar-refractivity contribution in [2.45, 2.75) is 26.0 Å². The fraction of sp³-hybridized carbons (Fsp3) is 0.400. The van der Waals surface area contributed by atoms with Crippen molar-refractivity contribution < 1.29 is 5.11 Å². The van der Waals surface area contributed by atoms with E-state index in [-0.39, 0.29) is 5.56 Å². The molecule has 1 unspecified atom stereocenters.